The molecule has 9 heteroatoms. The van der Waals surface area contributed by atoms with Crippen LogP contribution in [0.4, 0.5) is 10.5 Å². The van der Waals surface area contributed by atoms with Crippen LogP contribution in [0.15, 0.2) is 18.2 Å². The standard InChI is InChI=1S/C24H37N3O6/c1-14(2)21-22(29)27-19(15(3)32-16(4)28)12-17-8-9-18(13-20(17)26-21)31-11-10-25-23(30)33-24(5,6)7/h8-9,13-15,19,21,26H,10-12H2,1-7H3,(H,25,30)(H,27,29)/t15?,19-,21-/m0/s1. The molecule has 3 atom stereocenters. The van der Waals surface area contributed by atoms with Crippen molar-refractivity contribution in [2.24, 2.45) is 5.92 Å². The van der Waals surface area contributed by atoms with Gasteiger partial charge < -0.3 is 30.2 Å². The number of anilines is 1. The van der Waals surface area contributed by atoms with Crippen LogP contribution >= 0.6 is 0 Å². The monoisotopic (exact) mass is 463 g/mol. The fourth-order valence-electron chi connectivity index (χ4n) is 3.48. The van der Waals surface area contributed by atoms with Gasteiger partial charge >= 0.3 is 12.1 Å². The van der Waals surface area contributed by atoms with E-state index in [-0.39, 0.29) is 30.4 Å². The fourth-order valence-corrected chi connectivity index (χ4v) is 3.48. The summed E-state index contributed by atoms with van der Waals surface area (Å²) in [6.45, 7) is 13.0. The highest BCUT2D eigenvalue weighted by atomic mass is 16.6. The highest BCUT2D eigenvalue weighted by Gasteiger charge is 2.31. The van der Waals surface area contributed by atoms with Crippen molar-refractivity contribution in [3.05, 3.63) is 23.8 Å². The molecule has 2 rings (SSSR count). The second kappa shape index (κ2) is 11.2. The number of carbonyl (C=O) groups is 3. The summed E-state index contributed by atoms with van der Waals surface area (Å²) in [7, 11) is 0. The number of ether oxygens (including phenoxy) is 3. The molecule has 0 saturated heterocycles. The van der Waals surface area contributed by atoms with Crippen LogP contribution in [0.3, 0.4) is 0 Å². The highest BCUT2D eigenvalue weighted by Crippen LogP contribution is 2.28. The predicted octanol–water partition coefficient (Wildman–Crippen LogP) is 3.02. The van der Waals surface area contributed by atoms with Gasteiger partial charge in [-0.15, -0.1) is 0 Å². The van der Waals surface area contributed by atoms with E-state index in [4.69, 9.17) is 14.2 Å². The minimum Gasteiger partial charge on any atom is -0.492 e. The van der Waals surface area contributed by atoms with Crippen molar-refractivity contribution in [3.8, 4) is 5.75 Å². The molecular weight excluding hydrogens is 426 g/mol. The highest BCUT2D eigenvalue weighted by molar-refractivity contribution is 5.86. The SMILES string of the molecule is CC(=O)OC(C)[C@@H]1Cc2ccc(OCCNC(=O)OC(C)(C)C)cc2N[C@@H](C(C)C)C(=O)N1. The molecule has 0 spiro atoms. The molecule has 0 aromatic heterocycles. The number of hydrogen-bond donors (Lipinski definition) is 3. The summed E-state index contributed by atoms with van der Waals surface area (Å²) >= 11 is 0. The van der Waals surface area contributed by atoms with Gasteiger partial charge in [-0.1, -0.05) is 19.9 Å². The summed E-state index contributed by atoms with van der Waals surface area (Å²) < 4.78 is 16.3. The summed E-state index contributed by atoms with van der Waals surface area (Å²) in [5.41, 5.74) is 1.21. The Balaban J connectivity index is 2.11. The number of amides is 2. The van der Waals surface area contributed by atoms with Crippen LogP contribution in [-0.2, 0) is 25.5 Å². The van der Waals surface area contributed by atoms with Crippen molar-refractivity contribution in [2.45, 2.75) is 78.7 Å². The third-order valence-electron chi connectivity index (χ3n) is 5.07. The van der Waals surface area contributed by atoms with Crippen molar-refractivity contribution >= 4 is 23.7 Å². The van der Waals surface area contributed by atoms with E-state index in [1.54, 1.807) is 27.7 Å². The van der Waals surface area contributed by atoms with Crippen LogP contribution < -0.4 is 20.7 Å². The first kappa shape index (κ1) is 26.3. The Bertz CT molecular complexity index is 849. The van der Waals surface area contributed by atoms with Gasteiger partial charge in [-0.2, -0.15) is 0 Å². The van der Waals surface area contributed by atoms with Gasteiger partial charge in [-0.25, -0.2) is 4.79 Å². The van der Waals surface area contributed by atoms with Gasteiger partial charge in [0.2, 0.25) is 5.91 Å². The zero-order valence-electron chi connectivity index (χ0n) is 20.6. The number of benzene rings is 1. The number of carbonyl (C=O) groups excluding carboxylic acids is 3. The summed E-state index contributed by atoms with van der Waals surface area (Å²) in [6.07, 6.45) is -0.474. The van der Waals surface area contributed by atoms with E-state index in [1.807, 2.05) is 32.0 Å². The Labute approximate surface area is 195 Å². The van der Waals surface area contributed by atoms with E-state index in [0.717, 1.165) is 11.3 Å². The maximum Gasteiger partial charge on any atom is 0.407 e. The van der Waals surface area contributed by atoms with Gasteiger partial charge in [0.15, 0.2) is 0 Å². The van der Waals surface area contributed by atoms with Gasteiger partial charge in [0, 0.05) is 18.7 Å². The molecule has 9 nitrogen and oxygen atoms in total. The molecule has 1 aliphatic rings. The summed E-state index contributed by atoms with van der Waals surface area (Å²) in [6, 6.07) is 4.81. The lowest BCUT2D eigenvalue weighted by Gasteiger charge is -2.33. The van der Waals surface area contributed by atoms with E-state index < -0.39 is 23.8 Å². The van der Waals surface area contributed by atoms with Gasteiger partial charge in [0.25, 0.3) is 0 Å². The molecule has 0 radical (unpaired) electrons. The zero-order valence-corrected chi connectivity index (χ0v) is 20.6. The predicted molar refractivity (Wildman–Crippen MR) is 125 cm³/mol. The van der Waals surface area contributed by atoms with Crippen molar-refractivity contribution in [2.75, 3.05) is 18.5 Å². The van der Waals surface area contributed by atoms with Crippen molar-refractivity contribution in [1.82, 2.24) is 10.6 Å². The smallest absolute Gasteiger partial charge is 0.407 e. The van der Waals surface area contributed by atoms with Crippen LogP contribution in [0.25, 0.3) is 0 Å². The van der Waals surface area contributed by atoms with Gasteiger partial charge in [0.1, 0.15) is 30.1 Å². The lowest BCUT2D eigenvalue weighted by atomic mass is 9.94. The Hall–Kier alpha value is -2.97. The number of fused-ring (bicyclic) bond motifs is 1. The molecule has 33 heavy (non-hydrogen) atoms. The zero-order chi connectivity index (χ0) is 24.8. The second-order valence-corrected chi connectivity index (χ2v) is 9.60. The van der Waals surface area contributed by atoms with Crippen molar-refractivity contribution < 1.29 is 28.6 Å². The molecule has 0 saturated carbocycles. The van der Waals surface area contributed by atoms with Gasteiger partial charge in [-0.05, 0) is 51.7 Å². The average molecular weight is 464 g/mol. The van der Waals surface area contributed by atoms with Crippen molar-refractivity contribution in [1.29, 1.82) is 0 Å². The maximum atomic E-state index is 12.9. The number of nitrogens with one attached hydrogen (secondary N) is 3. The maximum absolute atomic E-state index is 12.9. The molecule has 0 aliphatic carbocycles. The first-order valence-electron chi connectivity index (χ1n) is 11.3. The minimum atomic E-state index is -0.559. The van der Waals surface area contributed by atoms with Crippen LogP contribution in [0, 0.1) is 5.92 Å². The van der Waals surface area contributed by atoms with E-state index >= 15 is 0 Å². The van der Waals surface area contributed by atoms with Crippen LogP contribution in [0.1, 0.15) is 54.0 Å². The molecule has 1 aromatic rings. The second-order valence-electron chi connectivity index (χ2n) is 9.60. The molecule has 1 unspecified atom stereocenters. The molecule has 1 aliphatic heterocycles. The summed E-state index contributed by atoms with van der Waals surface area (Å²) in [5, 5.41) is 9.01. The molecule has 3 N–H and O–H groups in total. The molecular formula is C24H37N3O6. The first-order chi connectivity index (χ1) is 15.4. The quantitative estimate of drug-likeness (QED) is 0.421. The Morgan fingerprint density at radius 2 is 1.88 bits per heavy atom. The topological polar surface area (TPSA) is 115 Å². The van der Waals surface area contributed by atoms with E-state index in [1.165, 1.54) is 6.92 Å². The number of esters is 1. The van der Waals surface area contributed by atoms with E-state index in [0.29, 0.717) is 18.7 Å². The van der Waals surface area contributed by atoms with Crippen LogP contribution in [0.2, 0.25) is 0 Å². The average Bonchev–Trinajstić information content (AvgIpc) is 2.66. The van der Waals surface area contributed by atoms with Crippen molar-refractivity contribution in [3.63, 3.8) is 0 Å². The summed E-state index contributed by atoms with van der Waals surface area (Å²) in [5.74, 6) is 0.109. The van der Waals surface area contributed by atoms with Gasteiger partial charge in [0.05, 0.1) is 12.6 Å². The molecule has 184 valence electrons. The molecule has 1 aromatic carbocycles. The lowest BCUT2D eigenvalue weighted by molar-refractivity contribution is -0.147. The Morgan fingerprint density at radius 1 is 1.18 bits per heavy atom. The van der Waals surface area contributed by atoms with Gasteiger partial charge in [-0.3, -0.25) is 9.59 Å². The van der Waals surface area contributed by atoms with E-state index in [2.05, 4.69) is 16.0 Å². The first-order valence-corrected chi connectivity index (χ1v) is 11.3. The number of alkyl carbamates (subject to hydrolysis) is 1. The van der Waals surface area contributed by atoms with E-state index in [9.17, 15) is 14.4 Å². The lowest BCUT2D eigenvalue weighted by Crippen LogP contribution is -2.53. The minimum absolute atomic E-state index is 0.0308. The largest absolute Gasteiger partial charge is 0.492 e. The molecule has 0 bridgehead atoms. The molecule has 0 fully saturated rings. The third kappa shape index (κ3) is 8.47. The van der Waals surface area contributed by atoms with Crippen LogP contribution in [0.5, 0.6) is 5.75 Å². The Morgan fingerprint density at radius 3 is 2.48 bits per heavy atom. The fraction of sp³-hybridized carbons (Fsp3) is 0.625. The normalized spacial score (nSPS) is 19.2. The molecule has 2 amide bonds. The molecule has 1 heterocycles. The Kier molecular flexibility index (Phi) is 8.96. The number of hydrogen-bond acceptors (Lipinski definition) is 7. The number of rotatable bonds is 7. The summed E-state index contributed by atoms with van der Waals surface area (Å²) in [4.78, 5) is 36.1. The van der Waals surface area contributed by atoms with Crippen LogP contribution in [-0.4, -0.2) is 54.9 Å². The third-order valence-corrected chi connectivity index (χ3v) is 5.07.